The molecule has 0 aromatic rings. The van der Waals surface area contributed by atoms with Crippen molar-refractivity contribution in [2.24, 2.45) is 5.92 Å². The number of allylic oxidation sites excluding steroid dienone is 1. The summed E-state index contributed by atoms with van der Waals surface area (Å²) in [6.07, 6.45) is 21.3. The lowest BCUT2D eigenvalue weighted by atomic mass is 10.0. The summed E-state index contributed by atoms with van der Waals surface area (Å²) in [5.74, 6) is 0.403. The quantitative estimate of drug-likeness (QED) is 0.139. The average Bonchev–Trinajstić information content (AvgIpc) is 2.65. The van der Waals surface area contributed by atoms with Gasteiger partial charge >= 0.3 is 5.97 Å². The number of unbranched alkanes of at least 4 members (excludes halogenated alkanes) is 11. The number of hydrogen-bond acceptors (Lipinski definition) is 2. The summed E-state index contributed by atoms with van der Waals surface area (Å²) in [6, 6.07) is 0. The molecule has 0 rings (SSSR count). The minimum atomic E-state index is -0.118. The van der Waals surface area contributed by atoms with E-state index in [2.05, 4.69) is 26.8 Å². The predicted octanol–water partition coefficient (Wildman–Crippen LogP) is 8.00. The first-order valence-corrected chi connectivity index (χ1v) is 11.5. The number of carbonyl (C=O) groups excluding carboxylic acids is 1. The van der Waals surface area contributed by atoms with Gasteiger partial charge in [-0.25, -0.2) is 4.79 Å². The molecule has 0 aliphatic rings. The van der Waals surface area contributed by atoms with E-state index in [9.17, 15) is 4.79 Å². The second kappa shape index (κ2) is 19.0. The highest BCUT2D eigenvalue weighted by molar-refractivity contribution is 5.87. The summed E-state index contributed by atoms with van der Waals surface area (Å²) in [6.45, 7) is 9.14. The summed E-state index contributed by atoms with van der Waals surface area (Å²) >= 11 is 0. The van der Waals surface area contributed by atoms with Crippen LogP contribution in [0.4, 0.5) is 0 Å². The van der Waals surface area contributed by atoms with E-state index in [1.54, 1.807) is 0 Å². The topological polar surface area (TPSA) is 26.3 Å². The van der Waals surface area contributed by atoms with Crippen LogP contribution < -0.4 is 0 Å². The van der Waals surface area contributed by atoms with Crippen molar-refractivity contribution < 1.29 is 9.53 Å². The van der Waals surface area contributed by atoms with Gasteiger partial charge in [0.05, 0.1) is 6.61 Å². The van der Waals surface area contributed by atoms with Gasteiger partial charge < -0.3 is 4.74 Å². The zero-order valence-electron chi connectivity index (χ0n) is 18.3. The molecular formula is C24H46O2. The Morgan fingerprint density at radius 3 is 1.88 bits per heavy atom. The first kappa shape index (κ1) is 25.2. The second-order valence-corrected chi connectivity index (χ2v) is 7.87. The van der Waals surface area contributed by atoms with Crippen molar-refractivity contribution >= 4 is 5.97 Å². The van der Waals surface area contributed by atoms with E-state index in [1.807, 2.05) is 6.92 Å². The van der Waals surface area contributed by atoms with E-state index < -0.39 is 0 Å². The van der Waals surface area contributed by atoms with Crippen molar-refractivity contribution in [2.45, 2.75) is 124 Å². The van der Waals surface area contributed by atoms with Crippen molar-refractivity contribution in [1.82, 2.24) is 0 Å². The molecule has 154 valence electrons. The van der Waals surface area contributed by atoms with Crippen LogP contribution in [0.25, 0.3) is 0 Å². The van der Waals surface area contributed by atoms with Crippen LogP contribution >= 0.6 is 0 Å². The molecule has 1 unspecified atom stereocenters. The van der Waals surface area contributed by atoms with Crippen molar-refractivity contribution in [1.29, 1.82) is 0 Å². The summed E-state index contributed by atoms with van der Waals surface area (Å²) in [4.78, 5) is 12.1. The maximum Gasteiger partial charge on any atom is 0.333 e. The third kappa shape index (κ3) is 15.5. The van der Waals surface area contributed by atoms with Gasteiger partial charge in [-0.1, -0.05) is 104 Å². The Hall–Kier alpha value is -0.790. The minimum Gasteiger partial charge on any atom is -0.462 e. The molecule has 0 bridgehead atoms. The molecule has 0 aromatic heterocycles. The van der Waals surface area contributed by atoms with Crippen LogP contribution in [0.1, 0.15) is 124 Å². The van der Waals surface area contributed by atoms with Gasteiger partial charge in [0.1, 0.15) is 0 Å². The fourth-order valence-electron chi connectivity index (χ4n) is 3.24. The highest BCUT2D eigenvalue weighted by Crippen LogP contribution is 2.15. The predicted molar refractivity (Wildman–Crippen MR) is 114 cm³/mol. The molecule has 0 fully saturated rings. The van der Waals surface area contributed by atoms with Gasteiger partial charge in [0.25, 0.3) is 0 Å². The van der Waals surface area contributed by atoms with Gasteiger partial charge in [-0.3, -0.25) is 0 Å². The molecule has 0 saturated carbocycles. The van der Waals surface area contributed by atoms with E-state index >= 15 is 0 Å². The van der Waals surface area contributed by atoms with Crippen molar-refractivity contribution in [3.63, 3.8) is 0 Å². The standard InChI is InChI=1S/C24H46O2/c1-5-8-10-11-12-13-14-15-16-17-18-19-22(4)24(25)26-21-23(7-3)20-9-6-2/h19,23H,5-18,20-21H2,1-4H3. The Morgan fingerprint density at radius 2 is 1.35 bits per heavy atom. The first-order chi connectivity index (χ1) is 12.7. The molecule has 0 aliphatic heterocycles. The molecule has 0 N–H and O–H groups in total. The SMILES string of the molecule is CCCCCCCCCCCCC=C(C)C(=O)OCC(CC)CCCC. The van der Waals surface area contributed by atoms with E-state index in [4.69, 9.17) is 4.74 Å². The Labute approximate surface area is 164 Å². The maximum atomic E-state index is 12.1. The number of ether oxygens (including phenoxy) is 1. The maximum absolute atomic E-state index is 12.1. The molecule has 0 saturated heterocycles. The Balaban J connectivity index is 3.65. The Morgan fingerprint density at radius 1 is 0.808 bits per heavy atom. The van der Waals surface area contributed by atoms with Crippen LogP contribution in [0, 0.1) is 5.92 Å². The van der Waals surface area contributed by atoms with Crippen LogP contribution in [-0.4, -0.2) is 12.6 Å². The van der Waals surface area contributed by atoms with Crippen LogP contribution in [-0.2, 0) is 9.53 Å². The lowest BCUT2D eigenvalue weighted by molar-refractivity contribution is -0.140. The lowest BCUT2D eigenvalue weighted by Gasteiger charge is -2.14. The molecule has 26 heavy (non-hydrogen) atoms. The van der Waals surface area contributed by atoms with Gasteiger partial charge in [0, 0.05) is 5.57 Å². The molecule has 0 heterocycles. The number of rotatable bonds is 18. The van der Waals surface area contributed by atoms with Gasteiger partial charge in [0.15, 0.2) is 0 Å². The van der Waals surface area contributed by atoms with Crippen LogP contribution in [0.2, 0.25) is 0 Å². The third-order valence-corrected chi connectivity index (χ3v) is 5.32. The van der Waals surface area contributed by atoms with Gasteiger partial charge in [-0.2, -0.15) is 0 Å². The van der Waals surface area contributed by atoms with Crippen LogP contribution in [0.5, 0.6) is 0 Å². The number of hydrogen-bond donors (Lipinski definition) is 0. The molecule has 1 atom stereocenters. The van der Waals surface area contributed by atoms with E-state index in [0.29, 0.717) is 12.5 Å². The monoisotopic (exact) mass is 366 g/mol. The highest BCUT2D eigenvalue weighted by Gasteiger charge is 2.11. The van der Waals surface area contributed by atoms with Crippen LogP contribution in [0.3, 0.4) is 0 Å². The summed E-state index contributed by atoms with van der Waals surface area (Å²) < 4.78 is 5.50. The van der Waals surface area contributed by atoms with Gasteiger partial charge in [0.2, 0.25) is 0 Å². The fourth-order valence-corrected chi connectivity index (χ4v) is 3.24. The van der Waals surface area contributed by atoms with E-state index in [1.165, 1.54) is 83.5 Å². The van der Waals surface area contributed by atoms with E-state index in [0.717, 1.165) is 18.4 Å². The van der Waals surface area contributed by atoms with Crippen molar-refractivity contribution in [3.05, 3.63) is 11.6 Å². The fraction of sp³-hybridized carbons (Fsp3) is 0.875. The molecule has 0 amide bonds. The summed E-state index contributed by atoms with van der Waals surface area (Å²) in [7, 11) is 0. The Bertz CT molecular complexity index is 346. The molecule has 0 aromatic carbocycles. The zero-order chi connectivity index (χ0) is 19.5. The van der Waals surface area contributed by atoms with Gasteiger partial charge in [-0.05, 0) is 32.1 Å². The smallest absolute Gasteiger partial charge is 0.333 e. The average molecular weight is 367 g/mol. The lowest BCUT2D eigenvalue weighted by Crippen LogP contribution is -2.14. The van der Waals surface area contributed by atoms with Crippen molar-refractivity contribution in [2.75, 3.05) is 6.61 Å². The normalized spacial score (nSPS) is 13.0. The molecule has 0 aliphatic carbocycles. The molecule has 2 heteroatoms. The summed E-state index contributed by atoms with van der Waals surface area (Å²) in [5, 5.41) is 0. The van der Waals surface area contributed by atoms with E-state index in [-0.39, 0.29) is 5.97 Å². The Kier molecular flexibility index (Phi) is 18.4. The molecule has 2 nitrogen and oxygen atoms in total. The zero-order valence-corrected chi connectivity index (χ0v) is 18.3. The van der Waals surface area contributed by atoms with Crippen molar-refractivity contribution in [3.8, 4) is 0 Å². The number of carbonyl (C=O) groups is 1. The first-order valence-electron chi connectivity index (χ1n) is 11.5. The summed E-state index contributed by atoms with van der Waals surface area (Å²) in [5.41, 5.74) is 0.784. The molecular weight excluding hydrogens is 320 g/mol. The minimum absolute atomic E-state index is 0.118. The van der Waals surface area contributed by atoms with Crippen LogP contribution in [0.15, 0.2) is 11.6 Å². The largest absolute Gasteiger partial charge is 0.462 e. The molecule has 0 radical (unpaired) electrons. The van der Waals surface area contributed by atoms with Gasteiger partial charge in [-0.15, -0.1) is 0 Å². The molecule has 0 spiro atoms. The number of esters is 1. The third-order valence-electron chi connectivity index (χ3n) is 5.32. The second-order valence-electron chi connectivity index (χ2n) is 7.87. The highest BCUT2D eigenvalue weighted by atomic mass is 16.5.